The first kappa shape index (κ1) is 23.4. The minimum Gasteiger partial charge on any atom is -0.381 e. The molecule has 7 nitrogen and oxygen atoms in total. The van der Waals surface area contributed by atoms with Crippen molar-refractivity contribution in [1.82, 2.24) is 19.6 Å². The fourth-order valence-electron chi connectivity index (χ4n) is 8.29. The number of hydrogen-bond acceptors (Lipinski definition) is 4. The molecule has 1 aromatic carbocycles. The SMILES string of the molecule is Cn1nccc1C(=O)N[C@@H]1C(=O)[N+](C)(c2ccc3c(c2)C=CC32CCOCC2)C2CC2(C)C1C1CCC1. The summed E-state index contributed by atoms with van der Waals surface area (Å²) in [5.74, 6) is 0.591. The molecule has 0 radical (unpaired) electrons. The Morgan fingerprint density at radius 1 is 1.22 bits per heavy atom. The van der Waals surface area contributed by atoms with Gasteiger partial charge in [0.2, 0.25) is 0 Å². The van der Waals surface area contributed by atoms with Gasteiger partial charge in [-0.05, 0) is 42.0 Å². The Kier molecular flexibility index (Phi) is 4.97. The number of fused-ring (bicyclic) bond motifs is 3. The molecule has 2 aromatic rings. The molecular formula is C30H37N4O3+. The summed E-state index contributed by atoms with van der Waals surface area (Å²) < 4.78 is 7.49. The number of rotatable bonds is 4. The molecule has 1 spiro atoms. The van der Waals surface area contributed by atoms with Gasteiger partial charge in [-0.25, -0.2) is 9.28 Å². The highest BCUT2D eigenvalue weighted by atomic mass is 16.5. The summed E-state index contributed by atoms with van der Waals surface area (Å²) in [5.41, 5.74) is 4.22. The molecule has 37 heavy (non-hydrogen) atoms. The molecule has 194 valence electrons. The minimum atomic E-state index is -0.507. The van der Waals surface area contributed by atoms with E-state index in [0.717, 1.165) is 51.0 Å². The largest absolute Gasteiger partial charge is 0.381 e. The second-order valence-corrected chi connectivity index (χ2v) is 12.5. The molecular weight excluding hydrogens is 464 g/mol. The highest BCUT2D eigenvalue weighted by Crippen LogP contribution is 2.66. The summed E-state index contributed by atoms with van der Waals surface area (Å²) >= 11 is 0. The van der Waals surface area contributed by atoms with Gasteiger partial charge in [0.15, 0.2) is 0 Å². The Morgan fingerprint density at radius 2 is 2.00 bits per heavy atom. The highest BCUT2D eigenvalue weighted by Gasteiger charge is 2.75. The number of benzene rings is 1. The van der Waals surface area contributed by atoms with E-state index in [9.17, 15) is 9.59 Å². The van der Waals surface area contributed by atoms with Crippen molar-refractivity contribution >= 4 is 23.6 Å². The van der Waals surface area contributed by atoms with Crippen LogP contribution >= 0.6 is 0 Å². The van der Waals surface area contributed by atoms with Crippen molar-refractivity contribution in [3.63, 3.8) is 0 Å². The smallest absolute Gasteiger partial charge is 0.341 e. The topological polar surface area (TPSA) is 73.2 Å². The van der Waals surface area contributed by atoms with Gasteiger partial charge in [0, 0.05) is 55.7 Å². The molecule has 0 bridgehead atoms. The van der Waals surface area contributed by atoms with E-state index in [4.69, 9.17) is 4.74 Å². The van der Waals surface area contributed by atoms with E-state index in [1.807, 2.05) is 0 Å². The number of amides is 2. The zero-order valence-electron chi connectivity index (χ0n) is 22.1. The number of nitrogens with one attached hydrogen (secondary N) is 1. The second-order valence-electron chi connectivity index (χ2n) is 12.5. The molecule has 2 saturated heterocycles. The van der Waals surface area contributed by atoms with E-state index in [0.29, 0.717) is 11.6 Å². The summed E-state index contributed by atoms with van der Waals surface area (Å²) in [4.78, 5) is 27.9. The molecule has 7 heteroatoms. The van der Waals surface area contributed by atoms with E-state index in [2.05, 4.69) is 54.7 Å². The number of piperidine rings is 1. The van der Waals surface area contributed by atoms with Crippen molar-refractivity contribution in [2.45, 2.75) is 62.9 Å². The fraction of sp³-hybridized carbons (Fsp3) is 0.567. The van der Waals surface area contributed by atoms with Gasteiger partial charge in [0.05, 0.1) is 7.05 Å². The average Bonchev–Trinajstić information content (AvgIpc) is 3.21. The number of allylic oxidation sites excluding steroid dienone is 1. The number of nitrogens with zero attached hydrogens (tertiary/aromatic N) is 3. The molecule has 2 aliphatic heterocycles. The third kappa shape index (κ3) is 3.16. The Hall–Kier alpha value is -2.77. The summed E-state index contributed by atoms with van der Waals surface area (Å²) in [6, 6.07) is 8.14. The van der Waals surface area contributed by atoms with Gasteiger partial charge in [-0.1, -0.05) is 44.4 Å². The van der Waals surface area contributed by atoms with Crippen molar-refractivity contribution in [2.24, 2.45) is 24.3 Å². The van der Waals surface area contributed by atoms with Crippen LogP contribution in [0.25, 0.3) is 6.08 Å². The first-order valence-electron chi connectivity index (χ1n) is 13.9. The molecule has 2 saturated carbocycles. The van der Waals surface area contributed by atoms with Gasteiger partial charge >= 0.3 is 5.91 Å². The monoisotopic (exact) mass is 501 g/mol. The molecule has 4 unspecified atom stereocenters. The molecule has 5 atom stereocenters. The van der Waals surface area contributed by atoms with Crippen molar-refractivity contribution in [1.29, 1.82) is 0 Å². The van der Waals surface area contributed by atoms with Gasteiger partial charge in [-0.2, -0.15) is 5.10 Å². The summed E-state index contributed by atoms with van der Waals surface area (Å²) in [6.45, 7) is 3.94. The van der Waals surface area contributed by atoms with E-state index >= 15 is 0 Å². The highest BCUT2D eigenvalue weighted by molar-refractivity contribution is 6.01. The first-order chi connectivity index (χ1) is 17.8. The van der Waals surface area contributed by atoms with Gasteiger partial charge in [-0.3, -0.25) is 9.48 Å². The van der Waals surface area contributed by atoms with Gasteiger partial charge in [-0.15, -0.1) is 0 Å². The van der Waals surface area contributed by atoms with Crippen LogP contribution in [0.1, 0.15) is 67.1 Å². The van der Waals surface area contributed by atoms with E-state index in [1.54, 1.807) is 24.0 Å². The first-order valence-corrected chi connectivity index (χ1v) is 13.9. The molecule has 3 heterocycles. The maximum absolute atomic E-state index is 14.6. The second kappa shape index (κ2) is 7.87. The summed E-state index contributed by atoms with van der Waals surface area (Å²) in [5, 5.41) is 7.39. The maximum Gasteiger partial charge on any atom is 0.341 e. The lowest BCUT2D eigenvalue weighted by Gasteiger charge is -2.49. The maximum atomic E-state index is 14.6. The van der Waals surface area contributed by atoms with Gasteiger partial charge < -0.3 is 10.1 Å². The lowest BCUT2D eigenvalue weighted by atomic mass is 9.64. The zero-order chi connectivity index (χ0) is 25.6. The average molecular weight is 502 g/mol. The molecule has 7 rings (SSSR count). The van der Waals surface area contributed by atoms with Crippen LogP contribution in [-0.2, 0) is 22.0 Å². The van der Waals surface area contributed by atoms with E-state index in [-0.39, 0.29) is 39.1 Å². The Morgan fingerprint density at radius 3 is 2.68 bits per heavy atom. The number of carbonyl (C=O) groups is 2. The third-order valence-corrected chi connectivity index (χ3v) is 10.8. The minimum absolute atomic E-state index is 0.0366. The third-order valence-electron chi connectivity index (χ3n) is 10.8. The van der Waals surface area contributed by atoms with Crippen molar-refractivity contribution in [3.8, 4) is 0 Å². The van der Waals surface area contributed by atoms with E-state index in [1.165, 1.54) is 17.5 Å². The number of aromatic nitrogens is 2. The van der Waals surface area contributed by atoms with Crippen molar-refractivity contribution < 1.29 is 14.3 Å². The van der Waals surface area contributed by atoms with Crippen LogP contribution in [-0.4, -0.2) is 53.9 Å². The number of likely N-dealkylation sites (tertiary alicyclic amines) is 1. The molecule has 4 fully saturated rings. The Bertz CT molecular complexity index is 1320. The Labute approximate surface area is 218 Å². The predicted octanol–water partition coefficient (Wildman–Crippen LogP) is 3.97. The van der Waals surface area contributed by atoms with Crippen LogP contribution in [0.2, 0.25) is 0 Å². The molecule has 2 amide bonds. The lowest BCUT2D eigenvalue weighted by molar-refractivity contribution is -0.140. The zero-order valence-corrected chi connectivity index (χ0v) is 22.1. The van der Waals surface area contributed by atoms with Crippen LogP contribution in [0, 0.1) is 17.3 Å². The standard InChI is InChI=1S/C30H36N4O3/c1-29-18-24(29)34(3,21-7-8-22-20(17-21)9-11-30(22)12-15-37-16-13-30)28(36)26(25(29)19-5-4-6-19)32-27(35)23-10-14-31-33(23)2/h7-11,14,17,19,24-26H,4-6,12-13,15-16,18H2,1-3H3/p+1/t24?,25?,26-,29?,34?/m0/s1. The molecule has 5 aliphatic rings. The fourth-order valence-corrected chi connectivity index (χ4v) is 8.29. The quantitative estimate of drug-likeness (QED) is 0.644. The number of aryl methyl sites for hydroxylation is 1. The van der Waals surface area contributed by atoms with Crippen molar-refractivity contribution in [3.05, 3.63) is 53.4 Å². The summed E-state index contributed by atoms with van der Waals surface area (Å²) in [7, 11) is 3.85. The van der Waals surface area contributed by atoms with Gasteiger partial charge in [0.1, 0.15) is 23.5 Å². The number of hydrogen-bond donors (Lipinski definition) is 1. The Balaban J connectivity index is 1.26. The van der Waals surface area contributed by atoms with Crippen molar-refractivity contribution in [2.75, 3.05) is 20.3 Å². The number of quaternary nitrogens is 1. The van der Waals surface area contributed by atoms with Crippen LogP contribution in [0.15, 0.2) is 36.5 Å². The lowest BCUT2D eigenvalue weighted by Crippen LogP contribution is -2.69. The molecule has 1 aromatic heterocycles. The molecule has 3 aliphatic carbocycles. The van der Waals surface area contributed by atoms with Crippen LogP contribution in [0.5, 0.6) is 0 Å². The number of likely N-dealkylation sites (N-methyl/N-ethyl adjacent to an activating group) is 1. The molecule has 1 N–H and O–H groups in total. The van der Waals surface area contributed by atoms with Gasteiger partial charge in [0.25, 0.3) is 5.91 Å². The summed E-state index contributed by atoms with van der Waals surface area (Å²) in [6.07, 6.45) is 12.8. The number of ether oxygens (including phenoxy) is 1. The predicted molar refractivity (Wildman–Crippen MR) is 142 cm³/mol. The normalized spacial score (nSPS) is 35.6. The van der Waals surface area contributed by atoms with Crippen LogP contribution in [0.3, 0.4) is 0 Å². The van der Waals surface area contributed by atoms with Crippen LogP contribution in [0.4, 0.5) is 5.69 Å². The van der Waals surface area contributed by atoms with Crippen LogP contribution < -0.4 is 9.80 Å². The van der Waals surface area contributed by atoms with E-state index < -0.39 is 6.04 Å². The number of carbonyl (C=O) groups excluding carboxylic acids is 2.